The Morgan fingerprint density at radius 1 is 1.26 bits per heavy atom. The third-order valence-corrected chi connectivity index (χ3v) is 3.85. The molecule has 1 saturated carbocycles. The molecule has 2 fully saturated rings. The maximum atomic E-state index is 12.7. The minimum atomic E-state index is -0.550. The number of carbonyl (C=O) groups excluding carboxylic acids is 1. The molecule has 102 valence electrons. The number of nitrogens with zero attached hydrogens (tertiary/aromatic N) is 3. The minimum Gasteiger partial charge on any atom is -0.336 e. The fourth-order valence-corrected chi connectivity index (χ4v) is 2.48. The average molecular weight is 263 g/mol. The molecule has 0 aromatic carbocycles. The van der Waals surface area contributed by atoms with E-state index in [0.717, 1.165) is 32.1 Å². The molecule has 1 saturated heterocycles. The lowest BCUT2D eigenvalue weighted by molar-refractivity contribution is 0.0631. The molecule has 0 N–H and O–H groups in total. The Balaban J connectivity index is 1.55. The molecule has 0 radical (unpaired) electrons. The van der Waals surface area contributed by atoms with E-state index in [1.807, 2.05) is 4.90 Å². The van der Waals surface area contributed by atoms with Crippen molar-refractivity contribution in [3.05, 3.63) is 29.8 Å². The summed E-state index contributed by atoms with van der Waals surface area (Å²) < 4.78 is 12.7. The van der Waals surface area contributed by atoms with Crippen LogP contribution in [-0.4, -0.2) is 53.4 Å². The summed E-state index contributed by atoms with van der Waals surface area (Å²) in [7, 11) is 0. The van der Waals surface area contributed by atoms with Crippen LogP contribution in [0.15, 0.2) is 18.3 Å². The lowest BCUT2D eigenvalue weighted by Crippen LogP contribution is -2.49. The van der Waals surface area contributed by atoms with E-state index < -0.39 is 5.95 Å². The van der Waals surface area contributed by atoms with E-state index in [1.165, 1.54) is 37.7 Å². The first-order valence-corrected chi connectivity index (χ1v) is 6.85. The number of hydrogen-bond acceptors (Lipinski definition) is 3. The monoisotopic (exact) mass is 263 g/mol. The molecule has 3 rings (SSSR count). The average Bonchev–Trinajstić information content (AvgIpc) is 3.24. The first kappa shape index (κ1) is 12.5. The van der Waals surface area contributed by atoms with E-state index in [2.05, 4.69) is 9.88 Å². The van der Waals surface area contributed by atoms with Crippen LogP contribution in [-0.2, 0) is 0 Å². The SMILES string of the molecule is O=C(c1ccc(F)nc1)N1CCN(CC2CC2)CC1. The van der Waals surface area contributed by atoms with E-state index in [9.17, 15) is 9.18 Å². The molecular formula is C14H18FN3O. The molecule has 4 nitrogen and oxygen atoms in total. The van der Waals surface area contributed by atoms with Crippen LogP contribution in [0.4, 0.5) is 4.39 Å². The highest BCUT2D eigenvalue weighted by Crippen LogP contribution is 2.29. The van der Waals surface area contributed by atoms with Crippen LogP contribution in [0.2, 0.25) is 0 Å². The van der Waals surface area contributed by atoms with Crippen molar-refractivity contribution in [3.63, 3.8) is 0 Å². The second-order valence-corrected chi connectivity index (χ2v) is 5.41. The second kappa shape index (κ2) is 5.25. The minimum absolute atomic E-state index is 0.0430. The van der Waals surface area contributed by atoms with Gasteiger partial charge in [-0.1, -0.05) is 0 Å². The summed E-state index contributed by atoms with van der Waals surface area (Å²) in [6.45, 7) is 4.57. The van der Waals surface area contributed by atoms with E-state index in [4.69, 9.17) is 0 Å². The van der Waals surface area contributed by atoms with Gasteiger partial charge in [0, 0.05) is 38.9 Å². The van der Waals surface area contributed by atoms with E-state index in [1.54, 1.807) is 0 Å². The van der Waals surface area contributed by atoms with Crippen molar-refractivity contribution < 1.29 is 9.18 Å². The molecule has 1 aliphatic carbocycles. The van der Waals surface area contributed by atoms with Gasteiger partial charge in [-0.25, -0.2) is 4.98 Å². The molecule has 0 spiro atoms. The quantitative estimate of drug-likeness (QED) is 0.773. The normalized spacial score (nSPS) is 20.6. The van der Waals surface area contributed by atoms with Gasteiger partial charge >= 0.3 is 0 Å². The smallest absolute Gasteiger partial charge is 0.255 e. The maximum Gasteiger partial charge on any atom is 0.255 e. The van der Waals surface area contributed by atoms with Crippen LogP contribution in [0.5, 0.6) is 0 Å². The summed E-state index contributed by atoms with van der Waals surface area (Å²) in [6, 6.07) is 2.73. The summed E-state index contributed by atoms with van der Waals surface area (Å²) in [4.78, 5) is 20.0. The van der Waals surface area contributed by atoms with Crippen molar-refractivity contribution in [2.75, 3.05) is 32.7 Å². The van der Waals surface area contributed by atoms with Gasteiger partial charge in [0.25, 0.3) is 5.91 Å². The van der Waals surface area contributed by atoms with E-state index >= 15 is 0 Å². The van der Waals surface area contributed by atoms with Crippen LogP contribution < -0.4 is 0 Å². The Morgan fingerprint density at radius 2 is 2.00 bits per heavy atom. The Hall–Kier alpha value is -1.49. The number of aromatic nitrogens is 1. The Morgan fingerprint density at radius 3 is 2.58 bits per heavy atom. The Labute approximate surface area is 112 Å². The fraction of sp³-hybridized carbons (Fsp3) is 0.571. The Kier molecular flexibility index (Phi) is 3.46. The van der Waals surface area contributed by atoms with Gasteiger partial charge in [-0.3, -0.25) is 9.69 Å². The van der Waals surface area contributed by atoms with Gasteiger partial charge in [-0.2, -0.15) is 4.39 Å². The summed E-state index contributed by atoms with van der Waals surface area (Å²) in [5.41, 5.74) is 0.469. The van der Waals surface area contributed by atoms with Gasteiger partial charge < -0.3 is 4.90 Å². The molecule has 1 aliphatic heterocycles. The zero-order valence-electron chi connectivity index (χ0n) is 10.9. The number of pyridine rings is 1. The number of rotatable bonds is 3. The van der Waals surface area contributed by atoms with Gasteiger partial charge in [0.2, 0.25) is 5.95 Å². The molecule has 0 bridgehead atoms. The van der Waals surface area contributed by atoms with Gasteiger partial charge in [-0.05, 0) is 30.9 Å². The highest BCUT2D eigenvalue weighted by Gasteiger charge is 2.27. The Bertz CT molecular complexity index is 450. The van der Waals surface area contributed by atoms with Crippen LogP contribution in [0.25, 0.3) is 0 Å². The van der Waals surface area contributed by atoms with Crippen molar-refractivity contribution >= 4 is 5.91 Å². The molecule has 1 aromatic rings. The number of amides is 1. The van der Waals surface area contributed by atoms with Gasteiger partial charge in [0.15, 0.2) is 0 Å². The van der Waals surface area contributed by atoms with Crippen molar-refractivity contribution in [1.82, 2.24) is 14.8 Å². The molecular weight excluding hydrogens is 245 g/mol. The predicted molar refractivity (Wildman–Crippen MR) is 69.3 cm³/mol. The molecule has 1 amide bonds. The fourth-order valence-electron chi connectivity index (χ4n) is 2.48. The molecule has 2 aliphatic rings. The van der Waals surface area contributed by atoms with E-state index in [-0.39, 0.29) is 5.91 Å². The number of carbonyl (C=O) groups is 1. The van der Waals surface area contributed by atoms with Crippen LogP contribution >= 0.6 is 0 Å². The topological polar surface area (TPSA) is 36.4 Å². The molecule has 0 unspecified atom stereocenters. The molecule has 1 aromatic heterocycles. The zero-order chi connectivity index (χ0) is 13.2. The van der Waals surface area contributed by atoms with Crippen molar-refractivity contribution in [2.45, 2.75) is 12.8 Å². The number of piperazine rings is 1. The maximum absolute atomic E-state index is 12.7. The van der Waals surface area contributed by atoms with Gasteiger partial charge in [0.05, 0.1) is 5.56 Å². The lowest BCUT2D eigenvalue weighted by Gasteiger charge is -2.34. The summed E-state index contributed by atoms with van der Waals surface area (Å²) >= 11 is 0. The van der Waals surface area contributed by atoms with Crippen LogP contribution in [0.1, 0.15) is 23.2 Å². The zero-order valence-corrected chi connectivity index (χ0v) is 10.9. The van der Waals surface area contributed by atoms with E-state index in [0.29, 0.717) is 5.56 Å². The summed E-state index contributed by atoms with van der Waals surface area (Å²) in [5.74, 6) is 0.299. The van der Waals surface area contributed by atoms with Gasteiger partial charge in [0.1, 0.15) is 0 Å². The molecule has 5 heteroatoms. The van der Waals surface area contributed by atoms with Crippen molar-refractivity contribution in [2.24, 2.45) is 5.92 Å². The summed E-state index contributed by atoms with van der Waals surface area (Å²) in [5, 5.41) is 0. The number of halogens is 1. The van der Waals surface area contributed by atoms with Crippen molar-refractivity contribution in [3.8, 4) is 0 Å². The summed E-state index contributed by atoms with van der Waals surface area (Å²) in [6.07, 6.45) is 4.04. The molecule has 0 atom stereocenters. The third kappa shape index (κ3) is 3.10. The highest BCUT2D eigenvalue weighted by molar-refractivity contribution is 5.93. The number of hydrogen-bond donors (Lipinski definition) is 0. The van der Waals surface area contributed by atoms with Crippen molar-refractivity contribution in [1.29, 1.82) is 0 Å². The highest BCUT2D eigenvalue weighted by atomic mass is 19.1. The van der Waals surface area contributed by atoms with Crippen LogP contribution in [0.3, 0.4) is 0 Å². The second-order valence-electron chi connectivity index (χ2n) is 5.41. The third-order valence-electron chi connectivity index (χ3n) is 3.85. The largest absolute Gasteiger partial charge is 0.336 e. The standard InChI is InChI=1S/C14H18FN3O/c15-13-4-3-12(9-16-13)14(19)18-7-5-17(6-8-18)10-11-1-2-11/h3-4,9,11H,1-2,5-8,10H2. The molecule has 19 heavy (non-hydrogen) atoms. The van der Waals surface area contributed by atoms with Crippen LogP contribution in [0, 0.1) is 11.9 Å². The first-order chi connectivity index (χ1) is 9.22. The lowest BCUT2D eigenvalue weighted by atomic mass is 10.2. The predicted octanol–water partition coefficient (Wildman–Crippen LogP) is 1.39. The molecule has 2 heterocycles. The first-order valence-electron chi connectivity index (χ1n) is 6.85. The van der Waals surface area contributed by atoms with Gasteiger partial charge in [-0.15, -0.1) is 0 Å².